The Hall–Kier alpha value is -0.880. The molecule has 0 bridgehead atoms. The second-order valence-electron chi connectivity index (χ2n) is 5.44. The molecular formula is C13H21BrN4O. The van der Waals surface area contributed by atoms with Gasteiger partial charge in [-0.15, -0.1) is 0 Å². The number of hydrogen-bond acceptors (Lipinski definition) is 4. The smallest absolute Gasteiger partial charge is 0.283 e. The van der Waals surface area contributed by atoms with E-state index in [0.717, 1.165) is 31.6 Å². The maximum Gasteiger partial charge on any atom is 0.283 e. The van der Waals surface area contributed by atoms with Crippen LogP contribution >= 0.6 is 15.9 Å². The molecule has 1 atom stereocenters. The largest absolute Gasteiger partial charge is 0.379 e. The van der Waals surface area contributed by atoms with Crippen molar-refractivity contribution in [2.24, 2.45) is 5.92 Å². The third-order valence-electron chi connectivity index (χ3n) is 3.18. The Balaban J connectivity index is 2.13. The molecule has 6 heteroatoms. The Morgan fingerprint density at radius 1 is 1.63 bits per heavy atom. The average Bonchev–Trinajstić information content (AvgIpc) is 2.39. The van der Waals surface area contributed by atoms with Gasteiger partial charge in [-0.1, -0.05) is 13.8 Å². The fourth-order valence-electron chi connectivity index (χ4n) is 2.24. The monoisotopic (exact) mass is 328 g/mol. The van der Waals surface area contributed by atoms with Crippen molar-refractivity contribution in [3.8, 4) is 0 Å². The average molecular weight is 329 g/mol. The van der Waals surface area contributed by atoms with Gasteiger partial charge in [0.1, 0.15) is 4.47 Å². The molecule has 106 valence electrons. The van der Waals surface area contributed by atoms with Crippen molar-refractivity contribution in [3.05, 3.63) is 21.0 Å². The summed E-state index contributed by atoms with van der Waals surface area (Å²) in [7, 11) is 0. The van der Waals surface area contributed by atoms with Crippen molar-refractivity contribution < 1.29 is 0 Å². The third-order valence-corrected chi connectivity index (χ3v) is 3.95. The molecule has 1 unspecified atom stereocenters. The minimum atomic E-state index is -0.0672. The fourth-order valence-corrected chi connectivity index (χ4v) is 2.66. The molecule has 1 fully saturated rings. The third kappa shape index (κ3) is 3.79. The van der Waals surface area contributed by atoms with E-state index in [0.29, 0.717) is 23.0 Å². The van der Waals surface area contributed by atoms with Crippen molar-refractivity contribution in [2.75, 3.05) is 18.4 Å². The minimum absolute atomic E-state index is 0.0672. The van der Waals surface area contributed by atoms with Crippen molar-refractivity contribution in [2.45, 2.75) is 39.3 Å². The van der Waals surface area contributed by atoms with E-state index in [9.17, 15) is 4.79 Å². The highest BCUT2D eigenvalue weighted by Crippen LogP contribution is 2.19. The Kier molecular flexibility index (Phi) is 4.99. The van der Waals surface area contributed by atoms with Crippen LogP contribution in [0.25, 0.3) is 0 Å². The van der Waals surface area contributed by atoms with Crippen LogP contribution in [0.15, 0.2) is 15.5 Å². The summed E-state index contributed by atoms with van der Waals surface area (Å²) in [6.45, 7) is 6.79. The molecule has 1 aliphatic heterocycles. The lowest BCUT2D eigenvalue weighted by Crippen LogP contribution is -2.39. The van der Waals surface area contributed by atoms with Crippen LogP contribution in [0.1, 0.15) is 26.7 Å². The summed E-state index contributed by atoms with van der Waals surface area (Å²) in [4.78, 5) is 12.2. The second-order valence-corrected chi connectivity index (χ2v) is 6.23. The Labute approximate surface area is 121 Å². The first-order chi connectivity index (χ1) is 9.08. The lowest BCUT2D eigenvalue weighted by molar-refractivity contribution is 0.460. The zero-order chi connectivity index (χ0) is 13.8. The van der Waals surface area contributed by atoms with Gasteiger partial charge in [0.25, 0.3) is 5.56 Å². The van der Waals surface area contributed by atoms with Crippen molar-refractivity contribution >= 4 is 21.6 Å². The zero-order valence-electron chi connectivity index (χ0n) is 11.4. The quantitative estimate of drug-likeness (QED) is 0.885. The highest BCUT2D eigenvalue weighted by atomic mass is 79.9. The topological polar surface area (TPSA) is 59.0 Å². The van der Waals surface area contributed by atoms with Gasteiger partial charge in [0, 0.05) is 19.1 Å². The molecule has 2 heterocycles. The summed E-state index contributed by atoms with van der Waals surface area (Å²) in [5.74, 6) is 0.401. The highest BCUT2D eigenvalue weighted by molar-refractivity contribution is 9.10. The molecule has 0 spiro atoms. The van der Waals surface area contributed by atoms with Crippen LogP contribution in [-0.2, 0) is 6.54 Å². The number of halogens is 1. The van der Waals surface area contributed by atoms with Crippen molar-refractivity contribution in [3.63, 3.8) is 0 Å². The molecule has 0 aromatic carbocycles. The first-order valence-electron chi connectivity index (χ1n) is 6.81. The number of rotatable bonds is 4. The van der Waals surface area contributed by atoms with Gasteiger partial charge in [0.15, 0.2) is 0 Å². The number of piperidine rings is 1. The SMILES string of the molecule is CC(C)Cn1ncc(NC2CCCNC2)c(Br)c1=O. The first kappa shape index (κ1) is 14.5. The first-order valence-corrected chi connectivity index (χ1v) is 7.60. The van der Waals surface area contributed by atoms with E-state index in [1.165, 1.54) is 4.68 Å². The predicted molar refractivity (Wildman–Crippen MR) is 80.5 cm³/mol. The summed E-state index contributed by atoms with van der Waals surface area (Å²) in [5, 5.41) is 11.0. The molecule has 1 aromatic rings. The van der Waals surface area contributed by atoms with Crippen LogP contribution in [0.4, 0.5) is 5.69 Å². The molecule has 19 heavy (non-hydrogen) atoms. The van der Waals surface area contributed by atoms with E-state index in [1.54, 1.807) is 6.20 Å². The molecule has 5 nitrogen and oxygen atoms in total. The molecule has 0 aliphatic carbocycles. The van der Waals surface area contributed by atoms with Gasteiger partial charge in [-0.2, -0.15) is 5.10 Å². The lowest BCUT2D eigenvalue weighted by Gasteiger charge is -2.25. The molecule has 0 saturated carbocycles. The summed E-state index contributed by atoms with van der Waals surface area (Å²) in [6.07, 6.45) is 4.02. The standard InChI is InChI=1S/C13H21BrN4O/c1-9(2)8-18-13(19)12(14)11(7-16-18)17-10-4-3-5-15-6-10/h7,9-10,15,17H,3-6,8H2,1-2H3. The Morgan fingerprint density at radius 3 is 3.05 bits per heavy atom. The van der Waals surface area contributed by atoms with Gasteiger partial charge >= 0.3 is 0 Å². The van der Waals surface area contributed by atoms with Crippen LogP contribution in [0, 0.1) is 5.92 Å². The van der Waals surface area contributed by atoms with E-state index in [-0.39, 0.29) is 5.56 Å². The van der Waals surface area contributed by atoms with Crippen LogP contribution < -0.4 is 16.2 Å². The van der Waals surface area contributed by atoms with Crippen molar-refractivity contribution in [1.29, 1.82) is 0 Å². The van der Waals surface area contributed by atoms with Crippen LogP contribution in [0.5, 0.6) is 0 Å². The number of nitrogens with one attached hydrogen (secondary N) is 2. The maximum absolute atomic E-state index is 12.2. The van der Waals surface area contributed by atoms with Crippen LogP contribution in [-0.4, -0.2) is 28.9 Å². The fraction of sp³-hybridized carbons (Fsp3) is 0.692. The van der Waals surface area contributed by atoms with E-state index < -0.39 is 0 Å². The summed E-state index contributed by atoms with van der Waals surface area (Å²) < 4.78 is 2.09. The number of hydrogen-bond donors (Lipinski definition) is 2. The molecule has 2 rings (SSSR count). The van der Waals surface area contributed by atoms with Gasteiger partial charge < -0.3 is 10.6 Å². The van der Waals surface area contributed by atoms with Crippen LogP contribution in [0.3, 0.4) is 0 Å². The van der Waals surface area contributed by atoms with Crippen molar-refractivity contribution in [1.82, 2.24) is 15.1 Å². The molecule has 0 radical (unpaired) electrons. The molecule has 2 N–H and O–H groups in total. The van der Waals surface area contributed by atoms with Gasteiger partial charge in [0.05, 0.1) is 11.9 Å². The normalized spacial score (nSPS) is 19.7. The van der Waals surface area contributed by atoms with Gasteiger partial charge in [0.2, 0.25) is 0 Å². The van der Waals surface area contributed by atoms with Gasteiger partial charge in [-0.05, 0) is 41.2 Å². The van der Waals surface area contributed by atoms with Gasteiger partial charge in [-0.25, -0.2) is 4.68 Å². The van der Waals surface area contributed by atoms with Gasteiger partial charge in [-0.3, -0.25) is 4.79 Å². The van der Waals surface area contributed by atoms with E-state index in [4.69, 9.17) is 0 Å². The molecule has 0 amide bonds. The summed E-state index contributed by atoms with van der Waals surface area (Å²) in [5.41, 5.74) is 0.723. The lowest BCUT2D eigenvalue weighted by atomic mass is 10.1. The summed E-state index contributed by atoms with van der Waals surface area (Å²) in [6, 6.07) is 0.368. The zero-order valence-corrected chi connectivity index (χ0v) is 13.0. The number of aromatic nitrogens is 2. The minimum Gasteiger partial charge on any atom is -0.379 e. The van der Waals surface area contributed by atoms with E-state index in [2.05, 4.69) is 45.5 Å². The number of anilines is 1. The maximum atomic E-state index is 12.2. The van der Waals surface area contributed by atoms with E-state index in [1.807, 2.05) is 0 Å². The molecule has 1 saturated heterocycles. The predicted octanol–water partition coefficient (Wildman–Crippen LogP) is 1.83. The molecule has 1 aromatic heterocycles. The van der Waals surface area contributed by atoms with Crippen LogP contribution in [0.2, 0.25) is 0 Å². The molecular weight excluding hydrogens is 308 g/mol. The second kappa shape index (κ2) is 6.52. The Morgan fingerprint density at radius 2 is 2.42 bits per heavy atom. The Bertz CT molecular complexity index is 480. The number of nitrogens with zero attached hydrogens (tertiary/aromatic N) is 2. The summed E-state index contributed by atoms with van der Waals surface area (Å²) >= 11 is 3.39. The van der Waals surface area contributed by atoms with E-state index >= 15 is 0 Å². The molecule has 1 aliphatic rings. The highest BCUT2D eigenvalue weighted by Gasteiger charge is 2.16.